The van der Waals surface area contributed by atoms with Gasteiger partial charge in [-0.25, -0.2) is 0 Å². The highest BCUT2D eigenvalue weighted by Crippen LogP contribution is 2.11. The van der Waals surface area contributed by atoms with Gasteiger partial charge in [0.05, 0.1) is 5.70 Å². The molecule has 0 aliphatic heterocycles. The first-order chi connectivity index (χ1) is 7.52. The standard InChI is InChI=1S/C12H13NO3/c1-8(13)12(16-9(2)14)11(15)10-6-4-3-5-7-10/h3-7H,13H2,1-2H3. The van der Waals surface area contributed by atoms with E-state index in [-0.39, 0.29) is 11.5 Å². The topological polar surface area (TPSA) is 69.4 Å². The number of carbonyl (C=O) groups excluding carboxylic acids is 2. The van der Waals surface area contributed by atoms with Crippen molar-refractivity contribution in [2.75, 3.05) is 0 Å². The Morgan fingerprint density at radius 3 is 2.12 bits per heavy atom. The van der Waals surface area contributed by atoms with Crippen molar-refractivity contribution in [3.8, 4) is 0 Å². The summed E-state index contributed by atoms with van der Waals surface area (Å²) >= 11 is 0. The van der Waals surface area contributed by atoms with Crippen LogP contribution in [0.15, 0.2) is 41.8 Å². The van der Waals surface area contributed by atoms with E-state index < -0.39 is 11.8 Å². The monoisotopic (exact) mass is 219 g/mol. The van der Waals surface area contributed by atoms with E-state index in [1.165, 1.54) is 13.8 Å². The SMILES string of the molecule is CC(=O)OC(C(=O)c1ccccc1)=C(C)N. The lowest BCUT2D eigenvalue weighted by Crippen LogP contribution is -2.15. The van der Waals surface area contributed by atoms with Crippen LogP contribution in [-0.2, 0) is 9.53 Å². The van der Waals surface area contributed by atoms with E-state index >= 15 is 0 Å². The zero-order valence-electron chi connectivity index (χ0n) is 9.19. The number of Topliss-reactive ketones (excluding diaryl/α,β-unsaturated/α-hetero) is 1. The number of esters is 1. The molecule has 0 aliphatic rings. The molecule has 0 bridgehead atoms. The fourth-order valence-corrected chi connectivity index (χ4v) is 1.17. The first-order valence-corrected chi connectivity index (χ1v) is 4.77. The molecule has 0 aromatic heterocycles. The normalized spacial score (nSPS) is 11.6. The molecule has 0 aliphatic carbocycles. The Hall–Kier alpha value is -2.10. The van der Waals surface area contributed by atoms with Gasteiger partial charge in [0, 0.05) is 12.5 Å². The Balaban J connectivity index is 3.03. The van der Waals surface area contributed by atoms with Gasteiger partial charge >= 0.3 is 5.97 Å². The molecule has 0 fully saturated rings. The van der Waals surface area contributed by atoms with Crippen LogP contribution in [0.2, 0.25) is 0 Å². The van der Waals surface area contributed by atoms with Gasteiger partial charge in [0.25, 0.3) is 0 Å². The first-order valence-electron chi connectivity index (χ1n) is 4.77. The maximum Gasteiger partial charge on any atom is 0.308 e. The van der Waals surface area contributed by atoms with E-state index in [1.54, 1.807) is 30.3 Å². The largest absolute Gasteiger partial charge is 0.421 e. The highest BCUT2D eigenvalue weighted by atomic mass is 16.5. The predicted octanol–water partition coefficient (Wildman–Crippen LogP) is 1.62. The van der Waals surface area contributed by atoms with Crippen molar-refractivity contribution in [2.45, 2.75) is 13.8 Å². The molecule has 84 valence electrons. The average molecular weight is 219 g/mol. The van der Waals surface area contributed by atoms with Crippen molar-refractivity contribution in [1.82, 2.24) is 0 Å². The van der Waals surface area contributed by atoms with Crippen LogP contribution in [0.25, 0.3) is 0 Å². The Bertz CT molecular complexity index is 431. The van der Waals surface area contributed by atoms with Gasteiger partial charge in [-0.3, -0.25) is 9.59 Å². The van der Waals surface area contributed by atoms with Gasteiger partial charge in [-0.1, -0.05) is 30.3 Å². The Morgan fingerprint density at radius 2 is 1.69 bits per heavy atom. The molecule has 1 aromatic carbocycles. The molecule has 16 heavy (non-hydrogen) atoms. The van der Waals surface area contributed by atoms with E-state index in [0.29, 0.717) is 5.56 Å². The smallest absolute Gasteiger partial charge is 0.308 e. The number of ether oxygens (including phenoxy) is 1. The lowest BCUT2D eigenvalue weighted by molar-refractivity contribution is -0.136. The van der Waals surface area contributed by atoms with Gasteiger partial charge in [0.1, 0.15) is 0 Å². The second-order valence-corrected chi connectivity index (χ2v) is 3.30. The van der Waals surface area contributed by atoms with Crippen molar-refractivity contribution in [3.63, 3.8) is 0 Å². The number of hydrogen-bond acceptors (Lipinski definition) is 4. The number of hydrogen-bond donors (Lipinski definition) is 1. The predicted molar refractivity (Wildman–Crippen MR) is 59.4 cm³/mol. The van der Waals surface area contributed by atoms with Crippen LogP contribution in [0.1, 0.15) is 24.2 Å². The van der Waals surface area contributed by atoms with Crippen LogP contribution in [0.3, 0.4) is 0 Å². The fourth-order valence-electron chi connectivity index (χ4n) is 1.17. The van der Waals surface area contributed by atoms with E-state index in [0.717, 1.165) is 0 Å². The second kappa shape index (κ2) is 5.11. The summed E-state index contributed by atoms with van der Waals surface area (Å²) in [4.78, 5) is 22.7. The molecule has 2 N–H and O–H groups in total. The third-order valence-electron chi connectivity index (χ3n) is 1.85. The van der Waals surface area contributed by atoms with Crippen LogP contribution in [0.4, 0.5) is 0 Å². The molecule has 0 saturated heterocycles. The zero-order chi connectivity index (χ0) is 12.1. The number of carbonyl (C=O) groups is 2. The van der Waals surface area contributed by atoms with E-state index in [9.17, 15) is 9.59 Å². The van der Waals surface area contributed by atoms with E-state index in [4.69, 9.17) is 10.5 Å². The average Bonchev–Trinajstić information content (AvgIpc) is 2.25. The summed E-state index contributed by atoms with van der Waals surface area (Å²) in [6.45, 7) is 2.74. The molecule has 1 aromatic rings. The minimum absolute atomic E-state index is 0.112. The maximum absolute atomic E-state index is 11.9. The summed E-state index contributed by atoms with van der Waals surface area (Å²) < 4.78 is 4.79. The van der Waals surface area contributed by atoms with Crippen LogP contribution in [-0.4, -0.2) is 11.8 Å². The summed E-state index contributed by atoms with van der Waals surface area (Å²) in [6, 6.07) is 8.51. The van der Waals surface area contributed by atoms with Gasteiger partial charge in [0.15, 0.2) is 5.76 Å². The number of benzene rings is 1. The van der Waals surface area contributed by atoms with Crippen molar-refractivity contribution in [3.05, 3.63) is 47.4 Å². The molecule has 0 saturated carbocycles. The van der Waals surface area contributed by atoms with Crippen molar-refractivity contribution < 1.29 is 14.3 Å². The maximum atomic E-state index is 11.9. The lowest BCUT2D eigenvalue weighted by atomic mass is 10.1. The van der Waals surface area contributed by atoms with E-state index in [2.05, 4.69) is 0 Å². The number of nitrogens with two attached hydrogens (primary N) is 1. The van der Waals surface area contributed by atoms with Crippen molar-refractivity contribution >= 4 is 11.8 Å². The molecular formula is C12H13NO3. The summed E-state index contributed by atoms with van der Waals surface area (Å²) in [5.74, 6) is -1.07. The molecule has 0 heterocycles. The Morgan fingerprint density at radius 1 is 1.12 bits per heavy atom. The highest BCUT2D eigenvalue weighted by Gasteiger charge is 2.17. The minimum Gasteiger partial charge on any atom is -0.421 e. The molecule has 4 nitrogen and oxygen atoms in total. The quantitative estimate of drug-likeness (QED) is 0.363. The van der Waals surface area contributed by atoms with Crippen LogP contribution >= 0.6 is 0 Å². The number of ketones is 1. The van der Waals surface area contributed by atoms with Crippen LogP contribution < -0.4 is 5.73 Å². The highest BCUT2D eigenvalue weighted by molar-refractivity contribution is 6.08. The molecule has 0 atom stereocenters. The summed E-state index contributed by atoms with van der Waals surface area (Å²) in [5.41, 5.74) is 6.12. The number of allylic oxidation sites excluding steroid dienone is 2. The third-order valence-corrected chi connectivity index (χ3v) is 1.85. The van der Waals surface area contributed by atoms with Gasteiger partial charge in [-0.15, -0.1) is 0 Å². The van der Waals surface area contributed by atoms with Crippen LogP contribution in [0, 0.1) is 0 Å². The third kappa shape index (κ3) is 2.95. The van der Waals surface area contributed by atoms with Gasteiger partial charge in [-0.2, -0.15) is 0 Å². The molecule has 0 spiro atoms. The second-order valence-electron chi connectivity index (χ2n) is 3.30. The van der Waals surface area contributed by atoms with Gasteiger partial charge in [0.2, 0.25) is 5.78 Å². The molecular weight excluding hydrogens is 206 g/mol. The van der Waals surface area contributed by atoms with Crippen molar-refractivity contribution in [1.29, 1.82) is 0 Å². The van der Waals surface area contributed by atoms with Gasteiger partial charge < -0.3 is 10.5 Å². The van der Waals surface area contributed by atoms with Gasteiger partial charge in [-0.05, 0) is 6.92 Å². The summed E-state index contributed by atoms with van der Waals surface area (Å²) in [7, 11) is 0. The first kappa shape index (κ1) is 12.0. The molecule has 0 unspecified atom stereocenters. The van der Waals surface area contributed by atoms with E-state index in [1.807, 2.05) is 0 Å². The fraction of sp³-hybridized carbons (Fsp3) is 0.167. The molecule has 4 heteroatoms. The summed E-state index contributed by atoms with van der Waals surface area (Å²) in [6.07, 6.45) is 0. The minimum atomic E-state index is -0.566. The zero-order valence-corrected chi connectivity index (χ0v) is 9.19. The number of rotatable bonds is 3. The van der Waals surface area contributed by atoms with Crippen LogP contribution in [0.5, 0.6) is 0 Å². The molecule has 0 radical (unpaired) electrons. The molecule has 0 amide bonds. The van der Waals surface area contributed by atoms with Crippen molar-refractivity contribution in [2.24, 2.45) is 5.73 Å². The lowest BCUT2D eigenvalue weighted by Gasteiger charge is -2.07. The summed E-state index contributed by atoms with van der Waals surface area (Å²) in [5, 5.41) is 0. The Labute approximate surface area is 93.7 Å². The Kier molecular flexibility index (Phi) is 3.83. The molecule has 1 rings (SSSR count).